The Bertz CT molecular complexity index is 1120. The lowest BCUT2D eigenvalue weighted by atomic mass is 10.1. The molecule has 0 radical (unpaired) electrons. The number of benzene rings is 2. The SMILES string of the molecule is Cc1cc(OCc2cc(-c3ccc(Cl)cc3)oc2C(F)(F)F)ccc1OC(C)(C)C(=O)[O-]. The van der Waals surface area contributed by atoms with Crippen LogP contribution in [0.3, 0.4) is 0 Å². The van der Waals surface area contributed by atoms with E-state index in [4.69, 9.17) is 25.5 Å². The molecule has 0 aliphatic rings. The predicted octanol–water partition coefficient (Wildman–Crippen LogP) is 5.41. The summed E-state index contributed by atoms with van der Waals surface area (Å²) in [6.45, 7) is 3.96. The first kappa shape index (κ1) is 23.5. The first-order valence-corrected chi connectivity index (χ1v) is 9.84. The topological polar surface area (TPSA) is 71.7 Å². The molecular weight excluding hydrogens is 449 g/mol. The fraction of sp³-hybridized carbons (Fsp3) is 0.261. The number of furan rings is 1. The van der Waals surface area contributed by atoms with Crippen LogP contribution in [0.15, 0.2) is 52.9 Å². The fourth-order valence-corrected chi connectivity index (χ4v) is 2.96. The summed E-state index contributed by atoms with van der Waals surface area (Å²) in [6, 6.07) is 12.0. The summed E-state index contributed by atoms with van der Waals surface area (Å²) in [7, 11) is 0. The van der Waals surface area contributed by atoms with E-state index >= 15 is 0 Å². The van der Waals surface area contributed by atoms with Crippen molar-refractivity contribution in [1.29, 1.82) is 0 Å². The van der Waals surface area contributed by atoms with Gasteiger partial charge in [0.1, 0.15) is 29.5 Å². The Kier molecular flexibility index (Phi) is 6.46. The average Bonchev–Trinajstić information content (AvgIpc) is 3.13. The Labute approximate surface area is 187 Å². The van der Waals surface area contributed by atoms with Crippen LogP contribution in [0.1, 0.15) is 30.7 Å². The molecule has 0 amide bonds. The molecule has 1 heterocycles. The smallest absolute Gasteiger partial charge is 0.449 e. The number of hydrogen-bond acceptors (Lipinski definition) is 5. The molecule has 9 heteroatoms. The second kappa shape index (κ2) is 8.78. The first-order valence-electron chi connectivity index (χ1n) is 9.46. The molecule has 0 spiro atoms. The van der Waals surface area contributed by atoms with Crippen LogP contribution in [0, 0.1) is 6.92 Å². The first-order chi connectivity index (χ1) is 14.9. The molecule has 1 aromatic heterocycles. The van der Waals surface area contributed by atoms with Crippen LogP contribution in [-0.4, -0.2) is 11.6 Å². The normalized spacial score (nSPS) is 12.0. The molecular formula is C23H19ClF3O5-. The zero-order chi connectivity index (χ0) is 23.7. The molecule has 0 fully saturated rings. The van der Waals surface area contributed by atoms with Crippen LogP contribution < -0.4 is 14.6 Å². The quantitative estimate of drug-likeness (QED) is 0.464. The van der Waals surface area contributed by atoms with Gasteiger partial charge in [-0.3, -0.25) is 0 Å². The van der Waals surface area contributed by atoms with E-state index in [1.807, 2.05) is 0 Å². The Hall–Kier alpha value is -3.13. The van der Waals surface area contributed by atoms with Gasteiger partial charge in [0.05, 0.1) is 5.97 Å². The lowest BCUT2D eigenvalue weighted by Crippen LogP contribution is -2.48. The Balaban J connectivity index is 1.81. The van der Waals surface area contributed by atoms with Gasteiger partial charge in [0.2, 0.25) is 5.76 Å². The van der Waals surface area contributed by atoms with Gasteiger partial charge in [-0.05, 0) is 74.9 Å². The number of aliphatic carboxylic acids is 1. The molecule has 0 N–H and O–H groups in total. The summed E-state index contributed by atoms with van der Waals surface area (Å²) in [5.74, 6) is -1.92. The van der Waals surface area contributed by atoms with E-state index in [1.165, 1.54) is 38.1 Å². The fourth-order valence-electron chi connectivity index (χ4n) is 2.84. The zero-order valence-corrected chi connectivity index (χ0v) is 18.1. The standard InChI is InChI=1S/C23H20ClF3O5/c1-13-10-17(8-9-18(13)32-22(2,3)21(28)29)30-12-15-11-19(31-20(15)23(25,26)27)14-4-6-16(24)7-5-14/h4-11H,12H2,1-3H3,(H,28,29)/p-1. The van der Waals surface area contributed by atoms with Crippen molar-refractivity contribution in [2.24, 2.45) is 0 Å². The van der Waals surface area contributed by atoms with Crippen LogP contribution in [0.4, 0.5) is 13.2 Å². The molecule has 2 aromatic carbocycles. The average molecular weight is 468 g/mol. The van der Waals surface area contributed by atoms with Crippen LogP contribution in [-0.2, 0) is 17.6 Å². The maximum absolute atomic E-state index is 13.5. The highest BCUT2D eigenvalue weighted by Gasteiger charge is 2.38. The monoisotopic (exact) mass is 467 g/mol. The molecule has 0 saturated carbocycles. The van der Waals surface area contributed by atoms with Crippen LogP contribution in [0.25, 0.3) is 11.3 Å². The maximum atomic E-state index is 13.5. The highest BCUT2D eigenvalue weighted by Crippen LogP contribution is 2.38. The van der Waals surface area contributed by atoms with E-state index in [2.05, 4.69) is 0 Å². The minimum Gasteiger partial charge on any atom is -0.546 e. The van der Waals surface area contributed by atoms with Gasteiger partial charge in [0.15, 0.2) is 0 Å². The number of carboxylic acids is 1. The number of hydrogen-bond donors (Lipinski definition) is 0. The van der Waals surface area contributed by atoms with Crippen molar-refractivity contribution in [3.05, 3.63) is 70.4 Å². The van der Waals surface area contributed by atoms with Crippen molar-refractivity contribution >= 4 is 17.6 Å². The molecule has 0 aliphatic heterocycles. The minimum atomic E-state index is -4.70. The molecule has 3 rings (SSSR count). The van der Waals surface area contributed by atoms with E-state index in [0.717, 1.165) is 0 Å². The lowest BCUT2D eigenvalue weighted by Gasteiger charge is -2.28. The Morgan fingerprint density at radius 3 is 2.31 bits per heavy atom. The van der Waals surface area contributed by atoms with Crippen molar-refractivity contribution in [2.45, 2.75) is 39.2 Å². The number of alkyl halides is 3. The predicted molar refractivity (Wildman–Crippen MR) is 109 cm³/mol. The van der Waals surface area contributed by atoms with Crippen LogP contribution in [0.5, 0.6) is 11.5 Å². The number of carbonyl (C=O) groups is 1. The summed E-state index contributed by atoms with van der Waals surface area (Å²) in [5, 5.41) is 11.6. The van der Waals surface area contributed by atoms with Gasteiger partial charge in [-0.1, -0.05) is 11.6 Å². The molecule has 0 saturated heterocycles. The number of carbonyl (C=O) groups excluding carboxylic acids is 1. The number of aryl methyl sites for hydroxylation is 1. The van der Waals surface area contributed by atoms with Gasteiger partial charge in [-0.15, -0.1) is 0 Å². The molecule has 0 atom stereocenters. The number of rotatable bonds is 7. The third-order valence-corrected chi connectivity index (χ3v) is 4.84. The number of carboxylic acid groups (broad SMARTS) is 1. The second-order valence-corrected chi connectivity index (χ2v) is 8.02. The third-order valence-electron chi connectivity index (χ3n) is 4.59. The van der Waals surface area contributed by atoms with Gasteiger partial charge in [0, 0.05) is 16.1 Å². The van der Waals surface area contributed by atoms with E-state index in [-0.39, 0.29) is 22.8 Å². The Morgan fingerprint density at radius 2 is 1.75 bits per heavy atom. The molecule has 32 heavy (non-hydrogen) atoms. The van der Waals surface area contributed by atoms with Crippen LogP contribution in [0.2, 0.25) is 5.02 Å². The number of ether oxygens (including phenoxy) is 2. The maximum Gasteiger partial charge on any atom is 0.449 e. The summed E-state index contributed by atoms with van der Waals surface area (Å²) in [6.07, 6.45) is -4.70. The highest BCUT2D eigenvalue weighted by molar-refractivity contribution is 6.30. The van der Waals surface area contributed by atoms with Crippen molar-refractivity contribution < 1.29 is 37.0 Å². The minimum absolute atomic E-state index is 0.0389. The second-order valence-electron chi connectivity index (χ2n) is 7.59. The Morgan fingerprint density at radius 1 is 1.09 bits per heavy atom. The van der Waals surface area contributed by atoms with Crippen molar-refractivity contribution in [3.63, 3.8) is 0 Å². The van der Waals surface area contributed by atoms with Gasteiger partial charge in [-0.2, -0.15) is 13.2 Å². The summed E-state index contributed by atoms with van der Waals surface area (Å²) in [5.41, 5.74) is -0.733. The summed E-state index contributed by atoms with van der Waals surface area (Å²) < 4.78 is 56.5. The highest BCUT2D eigenvalue weighted by atomic mass is 35.5. The molecule has 170 valence electrons. The van der Waals surface area contributed by atoms with E-state index in [9.17, 15) is 23.1 Å². The van der Waals surface area contributed by atoms with Crippen molar-refractivity contribution in [2.75, 3.05) is 0 Å². The largest absolute Gasteiger partial charge is 0.546 e. The van der Waals surface area contributed by atoms with Crippen molar-refractivity contribution in [1.82, 2.24) is 0 Å². The van der Waals surface area contributed by atoms with Crippen LogP contribution >= 0.6 is 11.6 Å². The van der Waals surface area contributed by atoms with Gasteiger partial charge in [0.25, 0.3) is 0 Å². The summed E-state index contributed by atoms with van der Waals surface area (Å²) >= 11 is 5.83. The lowest BCUT2D eigenvalue weighted by molar-refractivity contribution is -0.320. The summed E-state index contributed by atoms with van der Waals surface area (Å²) in [4.78, 5) is 11.1. The van der Waals surface area contributed by atoms with E-state index in [0.29, 0.717) is 16.1 Å². The molecule has 0 bridgehead atoms. The molecule has 0 unspecified atom stereocenters. The number of halogens is 4. The van der Waals surface area contributed by atoms with E-state index in [1.54, 1.807) is 31.2 Å². The van der Waals surface area contributed by atoms with Gasteiger partial charge < -0.3 is 23.8 Å². The van der Waals surface area contributed by atoms with E-state index < -0.39 is 30.1 Å². The molecule has 0 aliphatic carbocycles. The zero-order valence-electron chi connectivity index (χ0n) is 17.4. The third kappa shape index (κ3) is 5.37. The van der Waals surface area contributed by atoms with Crippen molar-refractivity contribution in [3.8, 4) is 22.8 Å². The van der Waals surface area contributed by atoms with Gasteiger partial charge >= 0.3 is 6.18 Å². The molecule has 3 aromatic rings. The van der Waals surface area contributed by atoms with Gasteiger partial charge in [-0.25, -0.2) is 0 Å². The molecule has 5 nitrogen and oxygen atoms in total.